The molecule has 0 saturated carbocycles. The third-order valence-corrected chi connectivity index (χ3v) is 5.22. The van der Waals surface area contributed by atoms with Gasteiger partial charge in [0.05, 0.1) is 22.3 Å². The van der Waals surface area contributed by atoms with Gasteiger partial charge < -0.3 is 10.1 Å². The second-order valence-electron chi connectivity index (χ2n) is 7.39. The van der Waals surface area contributed by atoms with Crippen molar-refractivity contribution in [3.63, 3.8) is 0 Å². The van der Waals surface area contributed by atoms with Gasteiger partial charge in [-0.1, -0.05) is 18.2 Å². The summed E-state index contributed by atoms with van der Waals surface area (Å²) in [5.41, 5.74) is 2.32. The number of nitrogens with zero attached hydrogens (tertiary/aromatic N) is 5. The second kappa shape index (κ2) is 8.05. The number of nitrogens with one attached hydrogen (secondary N) is 1. The van der Waals surface area contributed by atoms with E-state index in [1.807, 2.05) is 36.4 Å². The molecule has 0 atom stereocenters. The van der Waals surface area contributed by atoms with E-state index in [9.17, 15) is 18.3 Å². The van der Waals surface area contributed by atoms with Crippen molar-refractivity contribution in [2.45, 2.75) is 19.0 Å². The maximum atomic E-state index is 13.0. The van der Waals surface area contributed by atoms with Gasteiger partial charge in [-0.15, -0.1) is 0 Å². The number of para-hydroxylation sites is 2. The van der Waals surface area contributed by atoms with Crippen LogP contribution in [0.1, 0.15) is 16.8 Å². The van der Waals surface area contributed by atoms with Crippen LogP contribution in [-0.4, -0.2) is 34.8 Å². The highest BCUT2D eigenvalue weighted by Gasteiger charge is 2.31. The fourth-order valence-corrected chi connectivity index (χ4v) is 3.57. The van der Waals surface area contributed by atoms with Gasteiger partial charge in [0.2, 0.25) is 11.8 Å². The largest absolute Gasteiger partial charge is 0.493 e. The Morgan fingerprint density at radius 1 is 0.939 bits per heavy atom. The third kappa shape index (κ3) is 4.02. The highest BCUT2D eigenvalue weighted by Crippen LogP contribution is 2.34. The number of hydrogen-bond acceptors (Lipinski definition) is 5. The molecule has 33 heavy (non-hydrogen) atoms. The minimum absolute atomic E-state index is 0.165. The fourth-order valence-electron chi connectivity index (χ4n) is 3.57. The van der Waals surface area contributed by atoms with Crippen molar-refractivity contribution in [3.8, 4) is 23.2 Å². The van der Waals surface area contributed by atoms with Crippen LogP contribution in [0, 0.1) is 0 Å². The minimum atomic E-state index is -4.50. The molecule has 7 nitrogen and oxygen atoms in total. The quantitative estimate of drug-likeness (QED) is 0.404. The second-order valence-corrected chi connectivity index (χ2v) is 7.39. The van der Waals surface area contributed by atoms with E-state index in [0.717, 1.165) is 23.5 Å². The first kappa shape index (κ1) is 20.7. The molecular weight excluding hydrogens is 433 g/mol. The van der Waals surface area contributed by atoms with Crippen molar-refractivity contribution in [1.29, 1.82) is 0 Å². The lowest BCUT2D eigenvalue weighted by atomic mass is 10.1. The number of imidazole rings is 1. The summed E-state index contributed by atoms with van der Waals surface area (Å²) in [6.45, 7) is 0. The molecule has 0 amide bonds. The van der Waals surface area contributed by atoms with Crippen LogP contribution < -0.4 is 0 Å². The van der Waals surface area contributed by atoms with Crippen LogP contribution in [0.25, 0.3) is 28.4 Å². The number of pyridine rings is 2. The van der Waals surface area contributed by atoms with Crippen molar-refractivity contribution in [3.05, 3.63) is 83.8 Å². The van der Waals surface area contributed by atoms with E-state index in [1.165, 1.54) is 10.7 Å². The van der Waals surface area contributed by atoms with Gasteiger partial charge in [0.25, 0.3) is 0 Å². The minimum Gasteiger partial charge on any atom is -0.493 e. The molecule has 0 fully saturated rings. The zero-order valence-corrected chi connectivity index (χ0v) is 17.1. The molecule has 0 saturated heterocycles. The van der Waals surface area contributed by atoms with Crippen molar-refractivity contribution in [1.82, 2.24) is 29.7 Å². The molecule has 166 valence electrons. The van der Waals surface area contributed by atoms with E-state index >= 15 is 0 Å². The van der Waals surface area contributed by atoms with E-state index in [1.54, 1.807) is 12.3 Å². The van der Waals surface area contributed by atoms with Crippen LogP contribution in [0.15, 0.2) is 67.0 Å². The standard InChI is InChI=1S/C23H17F3N6O/c24-23(25,26)14-8-11-19(28-13-14)20-16(10-9-15-5-3-4-12-27-15)21(33)32(31-20)22-29-17-6-1-2-7-18(17)30-22/h1-8,11-13,33H,9-10H2,(H,29,30). The van der Waals surface area contributed by atoms with Gasteiger partial charge in [-0.2, -0.15) is 23.0 Å². The average Bonchev–Trinajstić information content (AvgIpc) is 3.38. The average molecular weight is 450 g/mol. The number of alkyl halides is 3. The first-order valence-corrected chi connectivity index (χ1v) is 10.1. The Balaban J connectivity index is 1.59. The molecule has 5 rings (SSSR count). The fraction of sp³-hybridized carbons (Fsp3) is 0.130. The molecule has 0 aliphatic rings. The molecule has 0 spiro atoms. The van der Waals surface area contributed by atoms with E-state index in [4.69, 9.17) is 0 Å². The van der Waals surface area contributed by atoms with Crippen molar-refractivity contribution >= 4 is 11.0 Å². The van der Waals surface area contributed by atoms with E-state index in [-0.39, 0.29) is 23.2 Å². The summed E-state index contributed by atoms with van der Waals surface area (Å²) in [6.07, 6.45) is -1.22. The molecule has 0 radical (unpaired) electrons. The number of hydrogen-bond donors (Lipinski definition) is 2. The van der Waals surface area contributed by atoms with Gasteiger partial charge in [-0.3, -0.25) is 9.97 Å². The number of rotatable bonds is 5. The molecule has 0 aliphatic carbocycles. The highest BCUT2D eigenvalue weighted by atomic mass is 19.4. The highest BCUT2D eigenvalue weighted by molar-refractivity contribution is 5.76. The predicted molar refractivity (Wildman–Crippen MR) is 115 cm³/mol. The summed E-state index contributed by atoms with van der Waals surface area (Å²) in [5, 5.41) is 15.5. The van der Waals surface area contributed by atoms with E-state index in [0.29, 0.717) is 23.9 Å². The number of aromatic amines is 1. The van der Waals surface area contributed by atoms with E-state index < -0.39 is 11.7 Å². The summed E-state index contributed by atoms with van der Waals surface area (Å²) < 4.78 is 40.2. The van der Waals surface area contributed by atoms with Gasteiger partial charge in [0.15, 0.2) is 0 Å². The Bertz CT molecular complexity index is 1380. The zero-order chi connectivity index (χ0) is 23.0. The molecule has 1 aromatic carbocycles. The summed E-state index contributed by atoms with van der Waals surface area (Å²) in [6, 6.07) is 15.1. The molecule has 2 N–H and O–H groups in total. The smallest absolute Gasteiger partial charge is 0.417 e. The summed E-state index contributed by atoms with van der Waals surface area (Å²) in [4.78, 5) is 15.8. The van der Waals surface area contributed by atoms with Gasteiger partial charge in [0.1, 0.15) is 5.69 Å². The SMILES string of the molecule is Oc1c(CCc2ccccn2)c(-c2ccc(C(F)(F)F)cn2)nn1-c1nc2ccccc2[nH]1. The normalized spacial score (nSPS) is 11.8. The number of halogens is 3. The lowest BCUT2D eigenvalue weighted by molar-refractivity contribution is -0.137. The molecule has 0 unspecified atom stereocenters. The Morgan fingerprint density at radius 2 is 1.76 bits per heavy atom. The van der Waals surface area contributed by atoms with Crippen LogP contribution in [0.2, 0.25) is 0 Å². The zero-order valence-electron chi connectivity index (χ0n) is 17.1. The molecule has 0 bridgehead atoms. The number of fused-ring (bicyclic) bond motifs is 1. The van der Waals surface area contributed by atoms with Gasteiger partial charge in [-0.05, 0) is 49.2 Å². The van der Waals surface area contributed by atoms with Crippen LogP contribution in [0.5, 0.6) is 5.88 Å². The van der Waals surface area contributed by atoms with Gasteiger partial charge in [-0.25, -0.2) is 4.98 Å². The number of aromatic hydroxyl groups is 1. The van der Waals surface area contributed by atoms with Gasteiger partial charge in [0, 0.05) is 23.7 Å². The van der Waals surface area contributed by atoms with Gasteiger partial charge >= 0.3 is 6.18 Å². The van der Waals surface area contributed by atoms with Crippen molar-refractivity contribution in [2.75, 3.05) is 0 Å². The number of aryl methyl sites for hydroxylation is 1. The topological polar surface area (TPSA) is 92.5 Å². The number of H-pyrrole nitrogens is 1. The first-order valence-electron chi connectivity index (χ1n) is 10.1. The summed E-state index contributed by atoms with van der Waals surface area (Å²) in [5.74, 6) is 0.118. The molecule has 4 heterocycles. The molecule has 5 aromatic rings. The van der Waals surface area contributed by atoms with Crippen molar-refractivity contribution < 1.29 is 18.3 Å². The number of aromatic nitrogens is 6. The lowest BCUT2D eigenvalue weighted by Crippen LogP contribution is -2.05. The Kier molecular flexibility index (Phi) is 5.04. The summed E-state index contributed by atoms with van der Waals surface area (Å²) >= 11 is 0. The lowest BCUT2D eigenvalue weighted by Gasteiger charge is -2.07. The molecule has 0 aliphatic heterocycles. The van der Waals surface area contributed by atoms with Crippen molar-refractivity contribution in [2.24, 2.45) is 0 Å². The maximum absolute atomic E-state index is 13.0. The Labute approximate surface area is 185 Å². The Hall–Kier alpha value is -4.21. The monoisotopic (exact) mass is 450 g/mol. The third-order valence-electron chi connectivity index (χ3n) is 5.22. The van der Waals surface area contributed by atoms with E-state index in [2.05, 4.69) is 25.0 Å². The predicted octanol–water partition coefficient (Wildman–Crippen LogP) is 4.72. The van der Waals surface area contributed by atoms with Crippen LogP contribution in [-0.2, 0) is 19.0 Å². The first-order chi connectivity index (χ1) is 15.9. The Morgan fingerprint density at radius 3 is 2.45 bits per heavy atom. The summed E-state index contributed by atoms with van der Waals surface area (Å²) in [7, 11) is 0. The molecule has 4 aromatic heterocycles. The maximum Gasteiger partial charge on any atom is 0.417 e. The number of benzene rings is 1. The molecule has 10 heteroatoms. The molecular formula is C23H17F3N6O. The van der Waals surface area contributed by atoms with Crippen LogP contribution in [0.3, 0.4) is 0 Å². The van der Waals surface area contributed by atoms with Crippen LogP contribution in [0.4, 0.5) is 13.2 Å². The van der Waals surface area contributed by atoms with Crippen LogP contribution >= 0.6 is 0 Å².